The second-order valence-electron chi connectivity index (χ2n) is 7.85. The Labute approximate surface area is 190 Å². The molecule has 6 rings (SSSR count). The summed E-state index contributed by atoms with van der Waals surface area (Å²) in [4.78, 5) is 4.65. The van der Waals surface area contributed by atoms with Crippen molar-refractivity contribution in [1.82, 2.24) is 19.7 Å². The summed E-state index contributed by atoms with van der Waals surface area (Å²) in [6.07, 6.45) is 1.89. The van der Waals surface area contributed by atoms with Crippen LogP contribution in [0.4, 0.5) is 24.0 Å². The van der Waals surface area contributed by atoms with Crippen molar-refractivity contribution in [3.05, 3.63) is 78.1 Å². The number of hydrogen-bond donors (Lipinski definition) is 1. The molecular weight excluding hydrogens is 447 g/mol. The van der Waals surface area contributed by atoms with Gasteiger partial charge in [0.1, 0.15) is 23.3 Å². The monoisotopic (exact) mass is 463 g/mol. The molecule has 3 aromatic carbocycles. The number of halogens is 3. The van der Waals surface area contributed by atoms with Crippen LogP contribution in [0.1, 0.15) is 18.9 Å². The third-order valence-corrected chi connectivity index (χ3v) is 6.45. The zero-order chi connectivity index (χ0) is 22.5. The Morgan fingerprint density at radius 2 is 1.55 bits per heavy atom. The first-order valence-corrected chi connectivity index (χ1v) is 11.2. The van der Waals surface area contributed by atoms with E-state index < -0.39 is 11.6 Å². The summed E-state index contributed by atoms with van der Waals surface area (Å²) in [5, 5.41) is 11.7. The summed E-state index contributed by atoms with van der Waals surface area (Å²) in [7, 11) is 0. The molecule has 2 aromatic heterocycles. The molecule has 0 radical (unpaired) electrons. The molecule has 0 spiro atoms. The smallest absolute Gasteiger partial charge is 0.210 e. The Hall–Kier alpha value is -3.72. The van der Waals surface area contributed by atoms with Gasteiger partial charge < -0.3 is 9.88 Å². The number of benzene rings is 3. The Morgan fingerprint density at radius 1 is 0.848 bits per heavy atom. The Morgan fingerprint density at radius 3 is 2.24 bits per heavy atom. The molecule has 1 aliphatic rings. The molecule has 33 heavy (non-hydrogen) atoms. The van der Waals surface area contributed by atoms with E-state index in [0.717, 1.165) is 24.2 Å². The van der Waals surface area contributed by atoms with Gasteiger partial charge >= 0.3 is 0 Å². The van der Waals surface area contributed by atoms with Crippen molar-refractivity contribution in [2.24, 2.45) is 0 Å². The van der Waals surface area contributed by atoms with Crippen LogP contribution >= 0.6 is 11.3 Å². The molecule has 0 saturated heterocycles. The average Bonchev–Trinajstić information content (AvgIpc) is 3.43. The summed E-state index contributed by atoms with van der Waals surface area (Å²) < 4.78 is 45.5. The minimum Gasteiger partial charge on any atom is -0.328 e. The fourth-order valence-corrected chi connectivity index (χ4v) is 4.66. The molecule has 1 saturated carbocycles. The van der Waals surface area contributed by atoms with E-state index in [9.17, 15) is 8.78 Å². The van der Waals surface area contributed by atoms with Gasteiger partial charge in [-0.3, -0.25) is 0 Å². The third-order valence-electron chi connectivity index (χ3n) is 5.58. The van der Waals surface area contributed by atoms with Crippen LogP contribution in [0.15, 0.2) is 60.7 Å². The lowest BCUT2D eigenvalue weighted by atomic mass is 10.2. The summed E-state index contributed by atoms with van der Waals surface area (Å²) in [5.41, 5.74) is 2.04. The van der Waals surface area contributed by atoms with Crippen LogP contribution in [0.5, 0.6) is 0 Å². The molecule has 1 aliphatic carbocycles. The lowest BCUT2D eigenvalue weighted by Gasteiger charge is -2.09. The molecule has 164 valence electrons. The number of rotatable bonds is 5. The van der Waals surface area contributed by atoms with Crippen molar-refractivity contribution < 1.29 is 13.2 Å². The number of fused-ring (bicyclic) bond motifs is 1. The van der Waals surface area contributed by atoms with E-state index >= 15 is 4.39 Å². The van der Waals surface area contributed by atoms with E-state index in [1.54, 1.807) is 42.5 Å². The first-order valence-electron chi connectivity index (χ1n) is 10.4. The van der Waals surface area contributed by atoms with Gasteiger partial charge in [-0.15, -0.1) is 10.2 Å². The zero-order valence-corrected chi connectivity index (χ0v) is 17.9. The number of nitrogens with zero attached hydrogens (tertiary/aromatic N) is 4. The Balaban J connectivity index is 1.40. The van der Waals surface area contributed by atoms with E-state index in [1.165, 1.54) is 18.2 Å². The molecule has 0 bridgehead atoms. The highest BCUT2D eigenvalue weighted by atomic mass is 32.1. The summed E-state index contributed by atoms with van der Waals surface area (Å²) in [6.45, 7) is 0. The van der Waals surface area contributed by atoms with Gasteiger partial charge in [0.25, 0.3) is 0 Å². The molecule has 2 heterocycles. The van der Waals surface area contributed by atoms with E-state index in [1.807, 2.05) is 4.57 Å². The van der Waals surface area contributed by atoms with Crippen LogP contribution in [0.3, 0.4) is 0 Å². The average molecular weight is 463 g/mol. The lowest BCUT2D eigenvalue weighted by Crippen LogP contribution is -1.99. The van der Waals surface area contributed by atoms with Crippen molar-refractivity contribution in [3.8, 4) is 22.0 Å². The van der Waals surface area contributed by atoms with Crippen LogP contribution in [0.2, 0.25) is 0 Å². The number of hydrogen-bond acceptors (Lipinski definition) is 5. The number of nitrogens with one attached hydrogen (secondary N) is 1. The van der Waals surface area contributed by atoms with Crippen molar-refractivity contribution in [2.45, 2.75) is 18.9 Å². The van der Waals surface area contributed by atoms with Crippen molar-refractivity contribution in [1.29, 1.82) is 0 Å². The number of imidazole rings is 1. The van der Waals surface area contributed by atoms with Gasteiger partial charge in [-0.25, -0.2) is 18.2 Å². The molecule has 0 atom stereocenters. The normalized spacial score (nSPS) is 13.5. The molecule has 0 unspecified atom stereocenters. The van der Waals surface area contributed by atoms with Crippen LogP contribution in [0, 0.1) is 17.5 Å². The predicted octanol–water partition coefficient (Wildman–Crippen LogP) is 6.72. The predicted molar refractivity (Wildman–Crippen MR) is 122 cm³/mol. The molecule has 0 amide bonds. The molecule has 5 nitrogen and oxygen atoms in total. The third kappa shape index (κ3) is 3.54. The summed E-state index contributed by atoms with van der Waals surface area (Å²) >= 11 is 1.12. The second-order valence-corrected chi connectivity index (χ2v) is 8.83. The molecule has 5 aromatic rings. The highest BCUT2D eigenvalue weighted by Gasteiger charge is 2.30. The SMILES string of the molecule is Fc1cc2c(cc1Nc1nnc(-c3ccccc3F)s1)nc(-c1ccccc1F)n2C1CC1. The van der Waals surface area contributed by atoms with Crippen LogP contribution in [0.25, 0.3) is 33.0 Å². The van der Waals surface area contributed by atoms with Gasteiger partial charge in [0.2, 0.25) is 5.13 Å². The lowest BCUT2D eigenvalue weighted by molar-refractivity contribution is 0.626. The molecule has 1 N–H and O–H groups in total. The maximum atomic E-state index is 15.1. The van der Waals surface area contributed by atoms with Crippen molar-refractivity contribution in [3.63, 3.8) is 0 Å². The van der Waals surface area contributed by atoms with Crippen LogP contribution < -0.4 is 5.32 Å². The highest BCUT2D eigenvalue weighted by molar-refractivity contribution is 7.18. The first-order chi connectivity index (χ1) is 16.1. The second kappa shape index (κ2) is 7.70. The fourth-order valence-electron chi connectivity index (χ4n) is 3.88. The van der Waals surface area contributed by atoms with Gasteiger partial charge in [0, 0.05) is 17.7 Å². The van der Waals surface area contributed by atoms with Gasteiger partial charge in [-0.2, -0.15) is 0 Å². The summed E-state index contributed by atoms with van der Waals surface area (Å²) in [6, 6.07) is 15.9. The number of anilines is 2. The first kappa shape index (κ1) is 19.9. The van der Waals surface area contributed by atoms with Gasteiger partial charge in [-0.1, -0.05) is 35.6 Å². The van der Waals surface area contributed by atoms with E-state index in [2.05, 4.69) is 20.5 Å². The minimum absolute atomic E-state index is 0.166. The van der Waals surface area contributed by atoms with Crippen molar-refractivity contribution in [2.75, 3.05) is 5.32 Å². The van der Waals surface area contributed by atoms with Gasteiger partial charge in [0.05, 0.1) is 22.3 Å². The van der Waals surface area contributed by atoms with Crippen LogP contribution in [-0.4, -0.2) is 19.7 Å². The highest BCUT2D eigenvalue weighted by Crippen LogP contribution is 2.42. The molecular formula is C24H16F3N5S. The number of aromatic nitrogens is 4. The van der Waals surface area contributed by atoms with E-state index in [0.29, 0.717) is 38.1 Å². The molecule has 0 aliphatic heterocycles. The maximum Gasteiger partial charge on any atom is 0.210 e. The zero-order valence-electron chi connectivity index (χ0n) is 17.1. The Kier molecular flexibility index (Phi) is 4.65. The fraction of sp³-hybridized carbons (Fsp3) is 0.125. The topological polar surface area (TPSA) is 55.6 Å². The quantitative estimate of drug-likeness (QED) is 0.314. The largest absolute Gasteiger partial charge is 0.328 e. The van der Waals surface area contributed by atoms with E-state index in [-0.39, 0.29) is 17.5 Å². The van der Waals surface area contributed by atoms with Crippen LogP contribution in [-0.2, 0) is 0 Å². The van der Waals surface area contributed by atoms with Gasteiger partial charge in [0.15, 0.2) is 5.01 Å². The van der Waals surface area contributed by atoms with Gasteiger partial charge in [-0.05, 0) is 43.2 Å². The maximum absolute atomic E-state index is 15.1. The molecule has 9 heteroatoms. The minimum atomic E-state index is -0.493. The Bertz CT molecular complexity index is 1510. The molecule has 1 fully saturated rings. The summed E-state index contributed by atoms with van der Waals surface area (Å²) in [5.74, 6) is -0.783. The van der Waals surface area contributed by atoms with E-state index in [4.69, 9.17) is 0 Å². The standard InChI is InChI=1S/C24H16F3N5S/c25-16-7-3-1-5-14(16)22-28-20-12-19(18(27)11-21(20)32(22)13-9-10-13)29-24-31-30-23(33-24)15-6-2-4-8-17(15)26/h1-8,11-13H,9-10H2,(H,29,31). The van der Waals surface area contributed by atoms with Crippen molar-refractivity contribution >= 4 is 33.2 Å².